The van der Waals surface area contributed by atoms with Crippen molar-refractivity contribution in [1.82, 2.24) is 10.2 Å². The lowest BCUT2D eigenvalue weighted by molar-refractivity contribution is -0.132. The first-order valence-corrected chi connectivity index (χ1v) is 8.41. The van der Waals surface area contributed by atoms with E-state index in [1.807, 2.05) is 18.8 Å². The summed E-state index contributed by atoms with van der Waals surface area (Å²) in [6.45, 7) is 3.09. The Kier molecular flexibility index (Phi) is 5.83. The Balaban J connectivity index is 1.73. The van der Waals surface area contributed by atoms with Crippen molar-refractivity contribution in [2.75, 3.05) is 32.4 Å². The van der Waals surface area contributed by atoms with E-state index >= 15 is 0 Å². The average molecular weight is 270 g/mol. The third kappa shape index (κ3) is 3.89. The Morgan fingerprint density at radius 2 is 2.06 bits per heavy atom. The fourth-order valence-electron chi connectivity index (χ4n) is 2.93. The summed E-state index contributed by atoms with van der Waals surface area (Å²) in [5.41, 5.74) is 0. The molecular formula is C14H26N2OS. The first-order chi connectivity index (χ1) is 8.81. The summed E-state index contributed by atoms with van der Waals surface area (Å²) in [5.74, 6) is 2.42. The summed E-state index contributed by atoms with van der Waals surface area (Å²) in [5, 5.41) is 3.49. The van der Waals surface area contributed by atoms with Crippen molar-refractivity contribution in [3.63, 3.8) is 0 Å². The molecule has 0 saturated carbocycles. The van der Waals surface area contributed by atoms with Crippen LogP contribution in [0.1, 0.15) is 38.5 Å². The second-order valence-corrected chi connectivity index (χ2v) is 6.83. The number of piperidine rings is 1. The predicted molar refractivity (Wildman–Crippen MR) is 77.9 cm³/mol. The maximum atomic E-state index is 12.4. The highest BCUT2D eigenvalue weighted by atomic mass is 32.2. The second kappa shape index (κ2) is 7.39. The molecule has 2 rings (SSSR count). The number of nitrogens with zero attached hydrogens (tertiary/aromatic N) is 1. The van der Waals surface area contributed by atoms with Gasteiger partial charge in [-0.25, -0.2) is 0 Å². The van der Waals surface area contributed by atoms with Crippen LogP contribution in [0.3, 0.4) is 0 Å². The molecular weight excluding hydrogens is 244 g/mol. The zero-order valence-corrected chi connectivity index (χ0v) is 12.3. The standard InChI is InChI=1S/C14H26N2OS/c1-15-8-5-12-6-9-16(10-7-12)14(17)13-4-2-3-11-18-13/h12-13,15H,2-11H2,1H3. The van der Waals surface area contributed by atoms with Gasteiger partial charge in [0.2, 0.25) is 5.91 Å². The van der Waals surface area contributed by atoms with Gasteiger partial charge in [0.25, 0.3) is 0 Å². The number of likely N-dealkylation sites (tertiary alicyclic amines) is 1. The maximum Gasteiger partial charge on any atom is 0.235 e. The van der Waals surface area contributed by atoms with Crippen LogP contribution in [0.4, 0.5) is 0 Å². The van der Waals surface area contributed by atoms with Gasteiger partial charge in [-0.1, -0.05) is 6.42 Å². The van der Waals surface area contributed by atoms with Crippen LogP contribution in [0.25, 0.3) is 0 Å². The lowest BCUT2D eigenvalue weighted by atomic mass is 9.93. The number of thioether (sulfide) groups is 1. The summed E-state index contributed by atoms with van der Waals surface area (Å²) in [7, 11) is 2.01. The smallest absolute Gasteiger partial charge is 0.235 e. The molecule has 2 aliphatic rings. The molecule has 1 N–H and O–H groups in total. The summed E-state index contributed by atoms with van der Waals surface area (Å²) < 4.78 is 0. The van der Waals surface area contributed by atoms with E-state index in [2.05, 4.69) is 10.2 Å². The Labute approximate surface area is 115 Å². The molecule has 2 aliphatic heterocycles. The third-order valence-corrected chi connectivity index (χ3v) is 5.55. The highest BCUT2D eigenvalue weighted by molar-refractivity contribution is 8.00. The van der Waals surface area contributed by atoms with Crippen LogP contribution in [0, 0.1) is 5.92 Å². The van der Waals surface area contributed by atoms with Crippen LogP contribution in [0.15, 0.2) is 0 Å². The molecule has 0 aromatic carbocycles. The van der Waals surface area contributed by atoms with E-state index in [1.54, 1.807) is 0 Å². The van der Waals surface area contributed by atoms with E-state index in [4.69, 9.17) is 0 Å². The minimum atomic E-state index is 0.271. The minimum absolute atomic E-state index is 0.271. The van der Waals surface area contributed by atoms with Crippen molar-refractivity contribution in [2.24, 2.45) is 5.92 Å². The van der Waals surface area contributed by atoms with Crippen molar-refractivity contribution in [2.45, 2.75) is 43.8 Å². The Hall–Kier alpha value is -0.220. The van der Waals surface area contributed by atoms with Crippen LogP contribution < -0.4 is 5.32 Å². The molecule has 0 aliphatic carbocycles. The lowest BCUT2D eigenvalue weighted by Crippen LogP contribution is -2.43. The number of rotatable bonds is 4. The molecule has 0 aromatic heterocycles. The Bertz CT molecular complexity index is 259. The molecule has 0 aromatic rings. The topological polar surface area (TPSA) is 32.3 Å². The van der Waals surface area contributed by atoms with Gasteiger partial charge in [-0.2, -0.15) is 0 Å². The molecule has 104 valence electrons. The van der Waals surface area contributed by atoms with Gasteiger partial charge in [-0.05, 0) is 57.4 Å². The summed E-state index contributed by atoms with van der Waals surface area (Å²) in [6.07, 6.45) is 7.29. The van der Waals surface area contributed by atoms with Crippen LogP contribution in [0.5, 0.6) is 0 Å². The fourth-order valence-corrected chi connectivity index (χ4v) is 4.21. The number of nitrogens with one attached hydrogen (secondary N) is 1. The zero-order chi connectivity index (χ0) is 12.8. The van der Waals surface area contributed by atoms with Gasteiger partial charge >= 0.3 is 0 Å². The van der Waals surface area contributed by atoms with Gasteiger partial charge in [0.05, 0.1) is 5.25 Å². The molecule has 1 amide bonds. The summed E-state index contributed by atoms with van der Waals surface area (Å²) >= 11 is 1.88. The summed E-state index contributed by atoms with van der Waals surface area (Å²) in [6, 6.07) is 0. The molecule has 1 unspecified atom stereocenters. The SMILES string of the molecule is CNCCC1CCN(C(=O)C2CCCCS2)CC1. The first kappa shape index (κ1) is 14.2. The number of hydrogen-bond donors (Lipinski definition) is 1. The summed E-state index contributed by atoms with van der Waals surface area (Å²) in [4.78, 5) is 14.5. The average Bonchev–Trinajstić information content (AvgIpc) is 2.46. The molecule has 3 nitrogen and oxygen atoms in total. The van der Waals surface area contributed by atoms with Gasteiger partial charge < -0.3 is 10.2 Å². The van der Waals surface area contributed by atoms with Gasteiger partial charge in [0.1, 0.15) is 0 Å². The zero-order valence-electron chi connectivity index (χ0n) is 11.5. The Morgan fingerprint density at radius 3 is 2.67 bits per heavy atom. The number of hydrogen-bond acceptors (Lipinski definition) is 3. The molecule has 2 heterocycles. The highest BCUT2D eigenvalue weighted by Crippen LogP contribution is 2.28. The first-order valence-electron chi connectivity index (χ1n) is 7.36. The van der Waals surface area contributed by atoms with Crippen molar-refractivity contribution >= 4 is 17.7 Å². The van der Waals surface area contributed by atoms with E-state index in [1.165, 1.54) is 37.9 Å². The van der Waals surface area contributed by atoms with Crippen LogP contribution in [-0.4, -0.2) is 48.5 Å². The number of amides is 1. The van der Waals surface area contributed by atoms with Gasteiger partial charge in [0.15, 0.2) is 0 Å². The van der Waals surface area contributed by atoms with Crippen molar-refractivity contribution in [1.29, 1.82) is 0 Å². The molecule has 18 heavy (non-hydrogen) atoms. The van der Waals surface area contributed by atoms with Gasteiger partial charge in [-0.3, -0.25) is 4.79 Å². The van der Waals surface area contributed by atoms with Crippen molar-refractivity contribution in [3.8, 4) is 0 Å². The highest BCUT2D eigenvalue weighted by Gasteiger charge is 2.29. The maximum absolute atomic E-state index is 12.4. The molecule has 4 heteroatoms. The second-order valence-electron chi connectivity index (χ2n) is 5.52. The largest absolute Gasteiger partial charge is 0.342 e. The molecule has 2 fully saturated rings. The van der Waals surface area contributed by atoms with Crippen LogP contribution in [-0.2, 0) is 4.79 Å². The predicted octanol–water partition coefficient (Wildman–Crippen LogP) is 2.12. The van der Waals surface area contributed by atoms with Gasteiger partial charge in [-0.15, -0.1) is 11.8 Å². The monoisotopic (exact) mass is 270 g/mol. The van der Waals surface area contributed by atoms with E-state index in [-0.39, 0.29) is 5.25 Å². The third-order valence-electron chi connectivity index (χ3n) is 4.18. The quantitative estimate of drug-likeness (QED) is 0.849. The van der Waals surface area contributed by atoms with Crippen LogP contribution in [0.2, 0.25) is 0 Å². The van der Waals surface area contributed by atoms with E-state index in [0.717, 1.165) is 32.0 Å². The molecule has 0 bridgehead atoms. The number of carbonyl (C=O) groups excluding carboxylic acids is 1. The van der Waals surface area contributed by atoms with E-state index < -0.39 is 0 Å². The molecule has 0 radical (unpaired) electrons. The molecule has 1 atom stereocenters. The molecule has 0 spiro atoms. The lowest BCUT2D eigenvalue weighted by Gasteiger charge is -2.35. The van der Waals surface area contributed by atoms with Crippen LogP contribution >= 0.6 is 11.8 Å². The minimum Gasteiger partial charge on any atom is -0.342 e. The fraction of sp³-hybridized carbons (Fsp3) is 0.929. The normalized spacial score (nSPS) is 26.3. The van der Waals surface area contributed by atoms with E-state index in [9.17, 15) is 4.79 Å². The Morgan fingerprint density at radius 1 is 1.28 bits per heavy atom. The molecule has 2 saturated heterocycles. The van der Waals surface area contributed by atoms with Crippen molar-refractivity contribution < 1.29 is 4.79 Å². The van der Waals surface area contributed by atoms with Gasteiger partial charge in [0, 0.05) is 13.1 Å². The van der Waals surface area contributed by atoms with Crippen molar-refractivity contribution in [3.05, 3.63) is 0 Å². The van der Waals surface area contributed by atoms with E-state index in [0.29, 0.717) is 5.91 Å². The number of carbonyl (C=O) groups is 1.